The van der Waals surface area contributed by atoms with Gasteiger partial charge in [-0.05, 0) is 57.0 Å². The third-order valence-corrected chi connectivity index (χ3v) is 4.61. The lowest BCUT2D eigenvalue weighted by Gasteiger charge is -2.17. The molecule has 1 heterocycles. The summed E-state index contributed by atoms with van der Waals surface area (Å²) in [6.07, 6.45) is 1.50. The first-order valence-electron chi connectivity index (χ1n) is 8.73. The van der Waals surface area contributed by atoms with E-state index in [1.54, 1.807) is 17.0 Å². The van der Waals surface area contributed by atoms with Crippen LogP contribution in [-0.4, -0.2) is 18.4 Å². The first kappa shape index (κ1) is 17.2. The number of carbonyl (C=O) groups excluding carboxylic acids is 2. The fourth-order valence-corrected chi connectivity index (χ4v) is 3.34. The zero-order chi connectivity index (χ0) is 18.0. The smallest absolute Gasteiger partial charge is 0.251 e. The molecule has 4 heteroatoms. The van der Waals surface area contributed by atoms with Crippen LogP contribution in [0.2, 0.25) is 0 Å². The van der Waals surface area contributed by atoms with Crippen molar-refractivity contribution < 1.29 is 9.59 Å². The van der Waals surface area contributed by atoms with Crippen LogP contribution in [0.3, 0.4) is 0 Å². The lowest BCUT2D eigenvalue weighted by molar-refractivity contribution is -0.117. The monoisotopic (exact) mass is 336 g/mol. The summed E-state index contributed by atoms with van der Waals surface area (Å²) in [5.74, 6) is 0.0478. The van der Waals surface area contributed by atoms with Gasteiger partial charge in [0.25, 0.3) is 5.91 Å². The van der Waals surface area contributed by atoms with E-state index in [4.69, 9.17) is 0 Å². The lowest BCUT2D eigenvalue weighted by atomic mass is 10.0. The Hall–Kier alpha value is -2.62. The van der Waals surface area contributed by atoms with Crippen molar-refractivity contribution >= 4 is 17.5 Å². The largest absolute Gasteiger partial charge is 0.346 e. The maximum absolute atomic E-state index is 12.5. The molecule has 0 bridgehead atoms. The maximum Gasteiger partial charge on any atom is 0.251 e. The molecule has 1 aliphatic heterocycles. The molecule has 1 aliphatic rings. The second-order valence-corrected chi connectivity index (χ2v) is 6.81. The van der Waals surface area contributed by atoms with Gasteiger partial charge in [-0.2, -0.15) is 0 Å². The van der Waals surface area contributed by atoms with Crippen LogP contribution in [0.1, 0.15) is 52.9 Å². The number of nitrogens with zero attached hydrogens (tertiary/aromatic N) is 1. The van der Waals surface area contributed by atoms with Crippen LogP contribution in [0.4, 0.5) is 5.69 Å². The van der Waals surface area contributed by atoms with Gasteiger partial charge in [0.15, 0.2) is 0 Å². The second kappa shape index (κ2) is 7.09. The third kappa shape index (κ3) is 3.90. The molecule has 0 spiro atoms. The summed E-state index contributed by atoms with van der Waals surface area (Å²) in [5.41, 5.74) is 4.95. The third-order valence-electron chi connectivity index (χ3n) is 4.61. The fraction of sp³-hybridized carbons (Fsp3) is 0.333. The van der Waals surface area contributed by atoms with Crippen LogP contribution in [0.25, 0.3) is 0 Å². The Balaban J connectivity index is 1.69. The normalized spacial score (nSPS) is 15.3. The number of rotatable bonds is 4. The van der Waals surface area contributed by atoms with Crippen LogP contribution in [0.15, 0.2) is 42.5 Å². The van der Waals surface area contributed by atoms with Crippen LogP contribution < -0.4 is 10.2 Å². The summed E-state index contributed by atoms with van der Waals surface area (Å²) in [4.78, 5) is 26.1. The molecule has 2 aromatic rings. The number of benzene rings is 2. The van der Waals surface area contributed by atoms with Gasteiger partial charge >= 0.3 is 0 Å². The van der Waals surface area contributed by atoms with Crippen LogP contribution >= 0.6 is 0 Å². The van der Waals surface area contributed by atoms with Crippen molar-refractivity contribution in [2.24, 2.45) is 0 Å². The molecule has 1 fully saturated rings. The van der Waals surface area contributed by atoms with Gasteiger partial charge < -0.3 is 10.2 Å². The van der Waals surface area contributed by atoms with E-state index in [-0.39, 0.29) is 17.9 Å². The van der Waals surface area contributed by atoms with Gasteiger partial charge in [0.05, 0.1) is 6.04 Å². The average Bonchev–Trinajstić information content (AvgIpc) is 3.00. The summed E-state index contributed by atoms with van der Waals surface area (Å²) in [6, 6.07) is 13.5. The molecule has 4 nitrogen and oxygen atoms in total. The minimum atomic E-state index is -0.106. The van der Waals surface area contributed by atoms with E-state index in [9.17, 15) is 9.59 Å². The van der Waals surface area contributed by atoms with E-state index < -0.39 is 0 Å². The summed E-state index contributed by atoms with van der Waals surface area (Å²) in [7, 11) is 0. The minimum Gasteiger partial charge on any atom is -0.346 e. The highest BCUT2D eigenvalue weighted by molar-refractivity contribution is 5.97. The first-order valence-corrected chi connectivity index (χ1v) is 8.73. The van der Waals surface area contributed by atoms with Crippen LogP contribution in [0.5, 0.6) is 0 Å². The molecule has 1 saturated heterocycles. The zero-order valence-electron chi connectivity index (χ0n) is 15.0. The minimum absolute atomic E-state index is 0.0639. The highest BCUT2D eigenvalue weighted by Gasteiger charge is 2.21. The van der Waals surface area contributed by atoms with Gasteiger partial charge in [-0.25, -0.2) is 0 Å². The Morgan fingerprint density at radius 3 is 2.28 bits per heavy atom. The number of nitrogens with one attached hydrogen (secondary N) is 1. The second-order valence-electron chi connectivity index (χ2n) is 6.81. The molecular weight excluding hydrogens is 312 g/mol. The van der Waals surface area contributed by atoms with Crippen molar-refractivity contribution in [3.05, 3.63) is 64.7 Å². The number of hydrogen-bond acceptors (Lipinski definition) is 2. The van der Waals surface area contributed by atoms with E-state index in [2.05, 4.69) is 37.4 Å². The molecule has 3 rings (SSSR count). The average molecular weight is 336 g/mol. The number of anilines is 1. The number of hydrogen-bond donors (Lipinski definition) is 1. The predicted molar refractivity (Wildman–Crippen MR) is 99.8 cm³/mol. The van der Waals surface area contributed by atoms with Crippen LogP contribution in [0, 0.1) is 13.8 Å². The summed E-state index contributed by atoms with van der Waals surface area (Å²) >= 11 is 0. The van der Waals surface area contributed by atoms with Gasteiger partial charge in [-0.1, -0.05) is 29.3 Å². The first-order chi connectivity index (χ1) is 11.9. The summed E-state index contributed by atoms with van der Waals surface area (Å²) < 4.78 is 0. The highest BCUT2D eigenvalue weighted by Crippen LogP contribution is 2.22. The Morgan fingerprint density at radius 2 is 1.72 bits per heavy atom. The van der Waals surface area contributed by atoms with Crippen LogP contribution in [-0.2, 0) is 4.79 Å². The van der Waals surface area contributed by atoms with E-state index in [1.165, 1.54) is 11.1 Å². The van der Waals surface area contributed by atoms with Gasteiger partial charge in [0.1, 0.15) is 0 Å². The topological polar surface area (TPSA) is 49.4 Å². The van der Waals surface area contributed by atoms with Crippen molar-refractivity contribution in [2.75, 3.05) is 11.4 Å². The van der Waals surface area contributed by atoms with E-state index >= 15 is 0 Å². The molecule has 130 valence electrons. The molecule has 1 atom stereocenters. The molecule has 2 amide bonds. The van der Waals surface area contributed by atoms with Gasteiger partial charge in [0.2, 0.25) is 5.91 Å². The van der Waals surface area contributed by atoms with Crippen molar-refractivity contribution in [3.8, 4) is 0 Å². The van der Waals surface area contributed by atoms with E-state index in [1.807, 2.05) is 19.1 Å². The fourth-order valence-electron chi connectivity index (χ4n) is 3.34. The van der Waals surface area contributed by atoms with E-state index in [0.717, 1.165) is 24.2 Å². The zero-order valence-corrected chi connectivity index (χ0v) is 15.0. The van der Waals surface area contributed by atoms with Crippen molar-refractivity contribution in [3.63, 3.8) is 0 Å². The molecular formula is C21H24N2O2. The number of aryl methyl sites for hydroxylation is 2. The van der Waals surface area contributed by atoms with E-state index in [0.29, 0.717) is 12.0 Å². The Kier molecular flexibility index (Phi) is 4.88. The highest BCUT2D eigenvalue weighted by atomic mass is 16.2. The molecule has 0 aliphatic carbocycles. The quantitative estimate of drug-likeness (QED) is 0.920. The molecule has 0 saturated carbocycles. The van der Waals surface area contributed by atoms with Crippen molar-refractivity contribution in [1.29, 1.82) is 0 Å². The maximum atomic E-state index is 12.5. The van der Waals surface area contributed by atoms with Gasteiger partial charge in [-0.15, -0.1) is 0 Å². The van der Waals surface area contributed by atoms with Crippen molar-refractivity contribution in [1.82, 2.24) is 5.32 Å². The molecule has 0 aromatic heterocycles. The van der Waals surface area contributed by atoms with Gasteiger partial charge in [-0.3, -0.25) is 9.59 Å². The Morgan fingerprint density at radius 1 is 1.08 bits per heavy atom. The Labute approximate surface area is 148 Å². The number of amides is 2. The molecule has 1 N–H and O–H groups in total. The standard InChI is InChI=1S/C21H24N2O2/c1-14-11-15(2)13-18(12-14)16(3)22-21(25)17-6-8-19(9-7-17)23-10-4-5-20(23)24/h6-9,11-13,16H,4-5,10H2,1-3H3,(H,22,25). The predicted octanol–water partition coefficient (Wildman–Crippen LogP) is 3.92. The Bertz CT molecular complexity index is 776. The molecule has 25 heavy (non-hydrogen) atoms. The SMILES string of the molecule is Cc1cc(C)cc(C(C)NC(=O)c2ccc(N3CCCC3=O)cc2)c1. The van der Waals surface area contributed by atoms with Gasteiger partial charge in [0, 0.05) is 24.2 Å². The summed E-state index contributed by atoms with van der Waals surface area (Å²) in [6.45, 7) is 6.87. The summed E-state index contributed by atoms with van der Waals surface area (Å²) in [5, 5.41) is 3.05. The number of carbonyl (C=O) groups is 2. The molecule has 0 radical (unpaired) electrons. The molecule has 1 unspecified atom stereocenters. The molecule has 2 aromatic carbocycles. The lowest BCUT2D eigenvalue weighted by Crippen LogP contribution is -2.27. The van der Waals surface area contributed by atoms with Crippen molar-refractivity contribution in [2.45, 2.75) is 39.7 Å².